The normalized spacial score (nSPS) is 10.8. The fraction of sp³-hybridized carbons (Fsp3) is 0.474. The second-order valence-electron chi connectivity index (χ2n) is 5.95. The number of nitrogens with zero attached hydrogens (tertiary/aromatic N) is 3. The maximum absolute atomic E-state index is 12.2. The number of thiazole rings is 1. The quantitative estimate of drug-likeness (QED) is 0.672. The van der Waals surface area contributed by atoms with E-state index in [1.807, 2.05) is 54.3 Å². The molecule has 1 amide bonds. The van der Waals surface area contributed by atoms with Gasteiger partial charge in [-0.3, -0.25) is 9.69 Å². The molecule has 142 valence electrons. The number of aromatic nitrogens is 1. The lowest BCUT2D eigenvalue weighted by Gasteiger charge is -2.22. The van der Waals surface area contributed by atoms with Crippen LogP contribution >= 0.6 is 11.3 Å². The number of hydrogen-bond acceptors (Lipinski definition) is 6. The highest BCUT2D eigenvalue weighted by atomic mass is 32.1. The van der Waals surface area contributed by atoms with Crippen LogP contribution in [0.5, 0.6) is 11.5 Å². The number of ether oxygens (including phenoxy) is 2. The predicted molar refractivity (Wildman–Crippen MR) is 105 cm³/mol. The van der Waals surface area contributed by atoms with Crippen molar-refractivity contribution in [1.82, 2.24) is 14.8 Å². The van der Waals surface area contributed by atoms with E-state index in [0.717, 1.165) is 29.4 Å². The molecule has 0 aliphatic carbocycles. The Kier molecular flexibility index (Phi) is 7.41. The zero-order valence-corrected chi connectivity index (χ0v) is 16.9. The van der Waals surface area contributed by atoms with Crippen molar-refractivity contribution in [2.45, 2.75) is 20.4 Å². The second-order valence-corrected chi connectivity index (χ2v) is 6.81. The van der Waals surface area contributed by atoms with Crippen LogP contribution in [0.15, 0.2) is 23.6 Å². The number of likely N-dealkylation sites (N-methyl/N-ethyl adjacent to an activating group) is 2. The Labute approximate surface area is 159 Å². The van der Waals surface area contributed by atoms with Crippen molar-refractivity contribution in [2.75, 3.05) is 40.9 Å². The minimum atomic E-state index is 0.146. The third-order valence-electron chi connectivity index (χ3n) is 4.14. The van der Waals surface area contributed by atoms with Crippen LogP contribution in [0.25, 0.3) is 10.6 Å². The highest BCUT2D eigenvalue weighted by molar-refractivity contribution is 7.13. The van der Waals surface area contributed by atoms with Gasteiger partial charge in [0.2, 0.25) is 5.91 Å². The highest BCUT2D eigenvalue weighted by Crippen LogP contribution is 2.33. The number of carbonyl (C=O) groups is 1. The van der Waals surface area contributed by atoms with Crippen LogP contribution in [0.4, 0.5) is 0 Å². The first-order chi connectivity index (χ1) is 12.5. The van der Waals surface area contributed by atoms with E-state index in [0.29, 0.717) is 24.6 Å². The molecule has 1 heterocycles. The van der Waals surface area contributed by atoms with Crippen LogP contribution in [-0.2, 0) is 11.3 Å². The monoisotopic (exact) mass is 377 g/mol. The predicted octanol–water partition coefficient (Wildman–Crippen LogP) is 3.13. The van der Waals surface area contributed by atoms with E-state index in [9.17, 15) is 4.79 Å². The number of methoxy groups -OCH3 is 2. The minimum absolute atomic E-state index is 0.146. The molecule has 26 heavy (non-hydrogen) atoms. The summed E-state index contributed by atoms with van der Waals surface area (Å²) in [6.07, 6.45) is 0. The number of rotatable bonds is 9. The van der Waals surface area contributed by atoms with Crippen LogP contribution in [0.2, 0.25) is 0 Å². The lowest BCUT2D eigenvalue weighted by Crippen LogP contribution is -2.38. The van der Waals surface area contributed by atoms with Gasteiger partial charge >= 0.3 is 0 Å². The fourth-order valence-electron chi connectivity index (χ4n) is 2.72. The van der Waals surface area contributed by atoms with E-state index >= 15 is 0 Å². The van der Waals surface area contributed by atoms with Gasteiger partial charge in [-0.05, 0) is 39.1 Å². The summed E-state index contributed by atoms with van der Waals surface area (Å²) in [4.78, 5) is 20.7. The first-order valence-corrected chi connectivity index (χ1v) is 9.53. The van der Waals surface area contributed by atoms with Crippen molar-refractivity contribution in [3.8, 4) is 22.1 Å². The molecule has 0 spiro atoms. The van der Waals surface area contributed by atoms with Crippen LogP contribution < -0.4 is 9.47 Å². The third-order valence-corrected chi connectivity index (χ3v) is 5.08. The molecule has 0 radical (unpaired) electrons. The van der Waals surface area contributed by atoms with E-state index < -0.39 is 0 Å². The zero-order valence-electron chi connectivity index (χ0n) is 16.1. The molecule has 0 saturated carbocycles. The maximum atomic E-state index is 12.2. The molecule has 0 saturated heterocycles. The largest absolute Gasteiger partial charge is 0.493 e. The lowest BCUT2D eigenvalue weighted by atomic mass is 10.2. The van der Waals surface area contributed by atoms with E-state index in [1.54, 1.807) is 25.6 Å². The summed E-state index contributed by atoms with van der Waals surface area (Å²) in [7, 11) is 5.18. The Morgan fingerprint density at radius 1 is 1.15 bits per heavy atom. The molecule has 0 fully saturated rings. The molecule has 0 N–H and O–H groups in total. The molecule has 0 atom stereocenters. The molecule has 6 nitrogen and oxygen atoms in total. The van der Waals surface area contributed by atoms with Gasteiger partial charge in [0, 0.05) is 30.6 Å². The molecule has 7 heteroatoms. The first-order valence-electron chi connectivity index (χ1n) is 8.65. The fourth-order valence-corrected chi connectivity index (χ4v) is 3.53. The van der Waals surface area contributed by atoms with Crippen LogP contribution in [-0.4, -0.2) is 61.6 Å². The topological polar surface area (TPSA) is 54.9 Å². The Balaban J connectivity index is 2.04. The van der Waals surface area contributed by atoms with Crippen molar-refractivity contribution >= 4 is 17.2 Å². The molecule has 1 aromatic heterocycles. The Morgan fingerprint density at radius 3 is 2.46 bits per heavy atom. The molecule has 0 aliphatic heterocycles. The molecule has 0 bridgehead atoms. The van der Waals surface area contributed by atoms with Crippen LogP contribution in [0, 0.1) is 0 Å². The van der Waals surface area contributed by atoms with Gasteiger partial charge in [-0.15, -0.1) is 11.3 Å². The van der Waals surface area contributed by atoms with Gasteiger partial charge in [0.1, 0.15) is 5.01 Å². The summed E-state index contributed by atoms with van der Waals surface area (Å²) < 4.78 is 10.6. The molecule has 2 aromatic rings. The van der Waals surface area contributed by atoms with E-state index in [4.69, 9.17) is 14.5 Å². The maximum Gasteiger partial charge on any atom is 0.236 e. The van der Waals surface area contributed by atoms with Gasteiger partial charge in [0.15, 0.2) is 11.5 Å². The van der Waals surface area contributed by atoms with Gasteiger partial charge in [-0.1, -0.05) is 0 Å². The Hall–Kier alpha value is -2.12. The van der Waals surface area contributed by atoms with Gasteiger partial charge in [0.25, 0.3) is 0 Å². The molecular formula is C19H27N3O3S. The molecular weight excluding hydrogens is 350 g/mol. The summed E-state index contributed by atoms with van der Waals surface area (Å²) in [6.45, 7) is 6.50. The summed E-state index contributed by atoms with van der Waals surface area (Å²) in [5, 5.41) is 2.95. The summed E-state index contributed by atoms with van der Waals surface area (Å²) >= 11 is 1.58. The summed E-state index contributed by atoms with van der Waals surface area (Å²) in [5.41, 5.74) is 1.94. The molecule has 1 aromatic carbocycles. The van der Waals surface area contributed by atoms with Gasteiger partial charge in [-0.25, -0.2) is 4.98 Å². The molecule has 0 aliphatic rings. The highest BCUT2D eigenvalue weighted by Gasteiger charge is 2.14. The van der Waals surface area contributed by atoms with Gasteiger partial charge in [0.05, 0.1) is 26.5 Å². The van der Waals surface area contributed by atoms with Crippen LogP contribution in [0.3, 0.4) is 0 Å². The van der Waals surface area contributed by atoms with Crippen LogP contribution in [0.1, 0.15) is 19.5 Å². The average Bonchev–Trinajstić information content (AvgIpc) is 3.10. The number of amides is 1. The van der Waals surface area contributed by atoms with Crippen molar-refractivity contribution < 1.29 is 14.3 Å². The van der Waals surface area contributed by atoms with Crippen molar-refractivity contribution in [1.29, 1.82) is 0 Å². The third kappa shape index (κ3) is 4.95. The minimum Gasteiger partial charge on any atom is -0.493 e. The number of benzene rings is 1. The SMILES string of the molecule is CCN(CC)C(=O)CN(C)Cc1csc(-c2ccc(OC)c(OC)c2)n1. The smallest absolute Gasteiger partial charge is 0.236 e. The molecule has 0 unspecified atom stereocenters. The van der Waals surface area contributed by atoms with Gasteiger partial charge in [-0.2, -0.15) is 0 Å². The van der Waals surface area contributed by atoms with E-state index in [2.05, 4.69) is 0 Å². The van der Waals surface area contributed by atoms with Crippen molar-refractivity contribution in [3.63, 3.8) is 0 Å². The molecule has 2 rings (SSSR count). The Bertz CT molecular complexity index is 729. The van der Waals surface area contributed by atoms with E-state index in [-0.39, 0.29) is 5.91 Å². The summed E-state index contributed by atoms with van der Waals surface area (Å²) in [5.74, 6) is 1.53. The average molecular weight is 378 g/mol. The second kappa shape index (κ2) is 9.54. The van der Waals surface area contributed by atoms with E-state index in [1.165, 1.54) is 0 Å². The number of hydrogen-bond donors (Lipinski definition) is 0. The van der Waals surface area contributed by atoms with Gasteiger partial charge < -0.3 is 14.4 Å². The van der Waals surface area contributed by atoms with Crippen molar-refractivity contribution in [2.24, 2.45) is 0 Å². The zero-order chi connectivity index (χ0) is 19.1. The lowest BCUT2D eigenvalue weighted by molar-refractivity contribution is -0.131. The standard InChI is InChI=1S/C19H27N3O3S/c1-6-22(7-2)18(23)12-21(3)11-15-13-26-19(20-15)14-8-9-16(24-4)17(10-14)25-5/h8-10,13H,6-7,11-12H2,1-5H3. The summed E-state index contributed by atoms with van der Waals surface area (Å²) in [6, 6.07) is 5.77. The first kappa shape index (κ1) is 20.2. The Morgan fingerprint density at radius 2 is 1.85 bits per heavy atom. The van der Waals surface area contributed by atoms with Crippen molar-refractivity contribution in [3.05, 3.63) is 29.3 Å². The number of carbonyl (C=O) groups excluding carboxylic acids is 1.